The van der Waals surface area contributed by atoms with E-state index in [1.54, 1.807) is 17.7 Å². The van der Waals surface area contributed by atoms with Crippen molar-refractivity contribution in [2.75, 3.05) is 5.32 Å². The number of benzene rings is 1. The van der Waals surface area contributed by atoms with E-state index in [1.807, 2.05) is 37.3 Å². The molecule has 1 aromatic carbocycles. The van der Waals surface area contributed by atoms with Gasteiger partial charge in [-0.15, -0.1) is 0 Å². The lowest BCUT2D eigenvalue weighted by Gasteiger charge is -2.04. The van der Waals surface area contributed by atoms with Crippen LogP contribution in [0.5, 0.6) is 0 Å². The lowest BCUT2D eigenvalue weighted by atomic mass is 10.2. The number of carbonyl (C=O) groups is 2. The van der Waals surface area contributed by atoms with Gasteiger partial charge in [-0.25, -0.2) is 4.68 Å². The summed E-state index contributed by atoms with van der Waals surface area (Å²) in [4.78, 5) is 23.8. The minimum atomic E-state index is -0.722. The van der Waals surface area contributed by atoms with E-state index in [0.29, 0.717) is 5.69 Å². The summed E-state index contributed by atoms with van der Waals surface area (Å²) in [7, 11) is 0. The van der Waals surface area contributed by atoms with Gasteiger partial charge < -0.3 is 11.1 Å². The summed E-state index contributed by atoms with van der Waals surface area (Å²) in [6, 6.07) is 11.2. The highest BCUT2D eigenvalue weighted by molar-refractivity contribution is 6.07. The molecule has 3 rings (SSSR count). The number of primary amides is 1. The first-order valence-corrected chi connectivity index (χ1v) is 7.25. The lowest BCUT2D eigenvalue weighted by molar-refractivity contribution is 0.0996. The van der Waals surface area contributed by atoms with Crippen LogP contribution >= 0.6 is 0 Å². The van der Waals surface area contributed by atoms with Crippen LogP contribution in [0.25, 0.3) is 5.69 Å². The van der Waals surface area contributed by atoms with Gasteiger partial charge in [0.15, 0.2) is 11.4 Å². The predicted molar refractivity (Wildman–Crippen MR) is 88.1 cm³/mol. The van der Waals surface area contributed by atoms with E-state index < -0.39 is 11.8 Å². The molecule has 24 heavy (non-hydrogen) atoms. The van der Waals surface area contributed by atoms with Crippen molar-refractivity contribution in [2.45, 2.75) is 13.8 Å². The molecule has 0 saturated carbocycles. The highest BCUT2D eigenvalue weighted by Gasteiger charge is 2.20. The first-order chi connectivity index (χ1) is 11.5. The molecule has 0 saturated heterocycles. The van der Waals surface area contributed by atoms with E-state index in [1.165, 1.54) is 0 Å². The molecule has 4 N–H and O–H groups in total. The van der Waals surface area contributed by atoms with E-state index in [0.717, 1.165) is 11.4 Å². The van der Waals surface area contributed by atoms with Crippen molar-refractivity contribution >= 4 is 17.5 Å². The summed E-state index contributed by atoms with van der Waals surface area (Å²) in [5, 5.41) is 13.4. The van der Waals surface area contributed by atoms with Gasteiger partial charge in [0.2, 0.25) is 0 Å². The molecule has 0 fully saturated rings. The van der Waals surface area contributed by atoms with Crippen molar-refractivity contribution in [1.29, 1.82) is 0 Å². The zero-order chi connectivity index (χ0) is 17.3. The van der Waals surface area contributed by atoms with E-state index >= 15 is 0 Å². The molecule has 8 nitrogen and oxygen atoms in total. The Morgan fingerprint density at radius 2 is 1.92 bits per heavy atom. The summed E-state index contributed by atoms with van der Waals surface area (Å²) in [6.07, 6.45) is 0. The van der Waals surface area contributed by atoms with Gasteiger partial charge in [0.1, 0.15) is 0 Å². The monoisotopic (exact) mass is 324 g/mol. The maximum absolute atomic E-state index is 12.5. The first-order valence-electron chi connectivity index (χ1n) is 7.25. The number of amides is 2. The number of para-hydroxylation sites is 1. The smallest absolute Gasteiger partial charge is 0.276 e. The number of carbonyl (C=O) groups excluding carboxylic acids is 2. The number of nitrogens with one attached hydrogen (secondary N) is 2. The molecule has 3 aromatic rings. The van der Waals surface area contributed by atoms with E-state index in [-0.39, 0.29) is 17.1 Å². The van der Waals surface area contributed by atoms with Crippen LogP contribution in [0.4, 0.5) is 5.69 Å². The third-order valence-corrected chi connectivity index (χ3v) is 3.54. The Bertz CT molecular complexity index is 910. The summed E-state index contributed by atoms with van der Waals surface area (Å²) in [5.41, 5.74) is 7.93. The third-order valence-electron chi connectivity index (χ3n) is 3.54. The highest BCUT2D eigenvalue weighted by atomic mass is 16.2. The fraction of sp³-hybridized carbons (Fsp3) is 0.125. The van der Waals surface area contributed by atoms with Crippen LogP contribution in [-0.4, -0.2) is 31.8 Å². The van der Waals surface area contributed by atoms with Crippen molar-refractivity contribution < 1.29 is 9.59 Å². The Kier molecular flexibility index (Phi) is 3.87. The van der Waals surface area contributed by atoms with Crippen LogP contribution in [0.3, 0.4) is 0 Å². The number of rotatable bonds is 4. The zero-order valence-electron chi connectivity index (χ0n) is 13.2. The summed E-state index contributed by atoms with van der Waals surface area (Å²) >= 11 is 0. The van der Waals surface area contributed by atoms with Gasteiger partial charge in [0.25, 0.3) is 11.8 Å². The Balaban J connectivity index is 1.90. The Hall–Kier alpha value is -3.42. The summed E-state index contributed by atoms with van der Waals surface area (Å²) < 4.78 is 1.67. The van der Waals surface area contributed by atoms with Crippen LogP contribution < -0.4 is 11.1 Å². The SMILES string of the molecule is Cc1[nH]nc(C(N)=O)c1NC(=O)c1cc(C)n(-c2ccccc2)n1. The fourth-order valence-electron chi connectivity index (χ4n) is 2.35. The minimum absolute atomic E-state index is 0.0138. The second-order valence-corrected chi connectivity index (χ2v) is 5.31. The second kappa shape index (κ2) is 5.99. The summed E-state index contributed by atoms with van der Waals surface area (Å²) in [5.74, 6) is -1.17. The van der Waals surface area contributed by atoms with Crippen molar-refractivity contribution in [3.8, 4) is 5.69 Å². The number of nitrogens with two attached hydrogens (primary N) is 1. The van der Waals surface area contributed by atoms with Gasteiger partial charge in [0.05, 0.1) is 17.1 Å². The number of nitrogens with zero attached hydrogens (tertiary/aromatic N) is 3. The van der Waals surface area contributed by atoms with E-state index in [9.17, 15) is 9.59 Å². The Morgan fingerprint density at radius 3 is 2.58 bits per heavy atom. The first kappa shape index (κ1) is 15.5. The van der Waals surface area contributed by atoms with Crippen molar-refractivity contribution in [2.24, 2.45) is 5.73 Å². The van der Waals surface area contributed by atoms with Gasteiger partial charge in [-0.1, -0.05) is 18.2 Å². The van der Waals surface area contributed by atoms with E-state index in [2.05, 4.69) is 20.6 Å². The van der Waals surface area contributed by atoms with Gasteiger partial charge >= 0.3 is 0 Å². The summed E-state index contributed by atoms with van der Waals surface area (Å²) in [6.45, 7) is 3.54. The fourth-order valence-corrected chi connectivity index (χ4v) is 2.35. The van der Waals surface area contributed by atoms with Gasteiger partial charge in [-0.3, -0.25) is 14.7 Å². The predicted octanol–water partition coefficient (Wildman–Crippen LogP) is 1.56. The molecule has 0 bridgehead atoms. The molecule has 2 amide bonds. The second-order valence-electron chi connectivity index (χ2n) is 5.31. The maximum atomic E-state index is 12.5. The number of H-pyrrole nitrogens is 1. The molecule has 0 spiro atoms. The van der Waals surface area contributed by atoms with E-state index in [4.69, 9.17) is 5.73 Å². The molecule has 0 unspecified atom stereocenters. The molecule has 122 valence electrons. The highest BCUT2D eigenvalue weighted by Crippen LogP contribution is 2.19. The molecular formula is C16H16N6O2. The van der Waals surface area contributed by atoms with Gasteiger partial charge in [-0.2, -0.15) is 10.2 Å². The molecule has 0 aliphatic carbocycles. The molecule has 2 heterocycles. The van der Waals surface area contributed by atoms with Crippen molar-refractivity contribution in [3.05, 3.63) is 59.2 Å². The van der Waals surface area contributed by atoms with Crippen LogP contribution in [0, 0.1) is 13.8 Å². The third kappa shape index (κ3) is 2.76. The molecule has 0 aliphatic rings. The number of aryl methyl sites for hydroxylation is 2. The molecular weight excluding hydrogens is 308 g/mol. The molecule has 0 aliphatic heterocycles. The Morgan fingerprint density at radius 1 is 1.21 bits per heavy atom. The maximum Gasteiger partial charge on any atom is 0.276 e. The van der Waals surface area contributed by atoms with Crippen LogP contribution in [0.2, 0.25) is 0 Å². The number of aromatic amines is 1. The molecule has 0 radical (unpaired) electrons. The molecule has 0 atom stereocenters. The largest absolute Gasteiger partial charge is 0.364 e. The van der Waals surface area contributed by atoms with Crippen LogP contribution in [-0.2, 0) is 0 Å². The van der Waals surface area contributed by atoms with Gasteiger partial charge in [0, 0.05) is 5.69 Å². The van der Waals surface area contributed by atoms with Gasteiger partial charge in [-0.05, 0) is 32.0 Å². The average Bonchev–Trinajstić information content (AvgIpc) is 3.12. The topological polar surface area (TPSA) is 119 Å². The number of aromatic nitrogens is 4. The quantitative estimate of drug-likeness (QED) is 0.674. The van der Waals surface area contributed by atoms with Crippen LogP contribution in [0.1, 0.15) is 32.4 Å². The average molecular weight is 324 g/mol. The zero-order valence-corrected chi connectivity index (χ0v) is 13.2. The molecule has 2 aromatic heterocycles. The standard InChI is InChI=1S/C16H16N6O2/c1-9-8-12(21-22(9)11-6-4-3-5-7-11)16(24)18-13-10(2)19-20-14(13)15(17)23/h3-8H,1-2H3,(H2,17,23)(H,18,24)(H,19,20). The number of hydrogen-bond donors (Lipinski definition) is 3. The van der Waals surface area contributed by atoms with Crippen molar-refractivity contribution in [3.63, 3.8) is 0 Å². The lowest BCUT2D eigenvalue weighted by Crippen LogP contribution is -2.18. The van der Waals surface area contributed by atoms with Crippen molar-refractivity contribution in [1.82, 2.24) is 20.0 Å². The molecule has 8 heteroatoms. The van der Waals surface area contributed by atoms with Crippen LogP contribution in [0.15, 0.2) is 36.4 Å². The number of anilines is 1. The minimum Gasteiger partial charge on any atom is -0.364 e. The normalized spacial score (nSPS) is 10.6. The Labute approximate surface area is 137 Å². The number of hydrogen-bond acceptors (Lipinski definition) is 4.